The summed E-state index contributed by atoms with van der Waals surface area (Å²) in [5.41, 5.74) is 1.07. The van der Waals surface area contributed by atoms with E-state index in [0.717, 1.165) is 12.0 Å². The Morgan fingerprint density at radius 1 is 1.28 bits per heavy atom. The topological polar surface area (TPSA) is 83.5 Å². The van der Waals surface area contributed by atoms with Gasteiger partial charge in [-0.05, 0) is 45.7 Å². The molecule has 0 atom stereocenters. The summed E-state index contributed by atoms with van der Waals surface area (Å²) in [6.07, 6.45) is 2.51. The molecular weight excluding hydrogens is 475 g/mol. The number of sulfone groups is 1. The minimum atomic E-state index is -3.16. The first-order chi connectivity index (χ1) is 11.2. The van der Waals surface area contributed by atoms with E-state index in [-0.39, 0.29) is 36.3 Å². The maximum atomic E-state index is 12.1. The van der Waals surface area contributed by atoms with Crippen molar-refractivity contribution in [3.05, 3.63) is 29.0 Å². The Labute approximate surface area is 173 Å². The molecule has 0 amide bonds. The highest BCUT2D eigenvalue weighted by atomic mass is 127. The highest BCUT2D eigenvalue weighted by molar-refractivity contribution is 14.0. The molecule has 144 valence electrons. The van der Waals surface area contributed by atoms with Crippen molar-refractivity contribution in [3.63, 3.8) is 0 Å². The van der Waals surface area contributed by atoms with Crippen LogP contribution >= 0.6 is 35.6 Å². The smallest absolute Gasteiger partial charge is 0.191 e. The fraction of sp³-hybridized carbons (Fsp3) is 0.625. The normalized spacial score (nSPS) is 12.4. The van der Waals surface area contributed by atoms with Crippen molar-refractivity contribution in [1.29, 1.82) is 0 Å². The summed E-state index contributed by atoms with van der Waals surface area (Å²) < 4.78 is 23.4. The zero-order chi connectivity index (χ0) is 18.2. The second-order valence-electron chi connectivity index (χ2n) is 6.36. The zero-order valence-electron chi connectivity index (χ0n) is 15.2. The van der Waals surface area contributed by atoms with Gasteiger partial charge in [0.1, 0.15) is 5.15 Å². The monoisotopic (exact) mass is 502 g/mol. The number of nitrogens with zero attached hydrogens (tertiary/aromatic N) is 2. The predicted octanol–water partition coefficient (Wildman–Crippen LogP) is 2.66. The van der Waals surface area contributed by atoms with Crippen molar-refractivity contribution in [2.24, 2.45) is 4.99 Å². The molecule has 0 bridgehead atoms. The molecule has 0 saturated heterocycles. The molecule has 25 heavy (non-hydrogen) atoms. The van der Waals surface area contributed by atoms with E-state index in [4.69, 9.17) is 11.6 Å². The molecule has 6 nitrogen and oxygen atoms in total. The minimum absolute atomic E-state index is 0. The van der Waals surface area contributed by atoms with E-state index in [1.807, 2.05) is 13.0 Å². The molecule has 1 aromatic rings. The Balaban J connectivity index is 0.00000576. The number of aliphatic imine (C=N–C) groups is 1. The number of guanidine groups is 1. The van der Waals surface area contributed by atoms with E-state index in [0.29, 0.717) is 24.2 Å². The third-order valence-electron chi connectivity index (χ3n) is 3.40. The number of hydrogen-bond donors (Lipinski definition) is 2. The van der Waals surface area contributed by atoms with E-state index >= 15 is 0 Å². The average molecular weight is 503 g/mol. The molecule has 0 spiro atoms. The van der Waals surface area contributed by atoms with Crippen molar-refractivity contribution in [2.45, 2.75) is 38.9 Å². The molecule has 0 aliphatic carbocycles. The van der Waals surface area contributed by atoms with Crippen LogP contribution in [0.2, 0.25) is 5.15 Å². The number of halogens is 2. The molecule has 0 aromatic carbocycles. The highest BCUT2D eigenvalue weighted by Crippen LogP contribution is 2.15. The van der Waals surface area contributed by atoms with Crippen LogP contribution in [-0.4, -0.2) is 49.5 Å². The zero-order valence-corrected chi connectivity index (χ0v) is 19.1. The van der Waals surface area contributed by atoms with Gasteiger partial charge in [0.25, 0.3) is 0 Å². The summed E-state index contributed by atoms with van der Waals surface area (Å²) in [7, 11) is -3.16. The van der Waals surface area contributed by atoms with Crippen LogP contribution in [0.4, 0.5) is 0 Å². The summed E-state index contributed by atoms with van der Waals surface area (Å²) in [4.78, 5) is 8.37. The van der Waals surface area contributed by atoms with Crippen molar-refractivity contribution < 1.29 is 8.42 Å². The maximum absolute atomic E-state index is 12.1. The standard InChI is InChI=1S/C16H27ClN4O2S.HI/c1-5-18-15(20-10-11-24(22,23)16(2,3)4)19-9-8-13-6-7-14(17)21-12-13;/h6-7,12H,5,8-11H2,1-4H3,(H2,18,19,20);1H. The van der Waals surface area contributed by atoms with Gasteiger partial charge < -0.3 is 10.6 Å². The molecule has 1 heterocycles. The maximum Gasteiger partial charge on any atom is 0.191 e. The first-order valence-electron chi connectivity index (χ1n) is 8.00. The molecule has 0 fully saturated rings. The fourth-order valence-corrected chi connectivity index (χ4v) is 2.86. The largest absolute Gasteiger partial charge is 0.357 e. The number of hydrogen-bond acceptors (Lipinski definition) is 4. The second-order valence-corrected chi connectivity index (χ2v) is 9.61. The third-order valence-corrected chi connectivity index (χ3v) is 6.21. The van der Waals surface area contributed by atoms with E-state index in [1.165, 1.54) is 0 Å². The molecule has 1 aromatic heterocycles. The molecular formula is C16H28ClIN4O2S. The fourth-order valence-electron chi connectivity index (χ4n) is 1.81. The van der Waals surface area contributed by atoms with Crippen LogP contribution in [0.25, 0.3) is 0 Å². The van der Waals surface area contributed by atoms with Gasteiger partial charge in [0, 0.05) is 19.3 Å². The number of nitrogens with one attached hydrogen (secondary N) is 2. The lowest BCUT2D eigenvalue weighted by Gasteiger charge is -2.18. The molecule has 0 aliphatic rings. The predicted molar refractivity (Wildman–Crippen MR) is 116 cm³/mol. The number of rotatable bonds is 7. The van der Waals surface area contributed by atoms with Crippen molar-refractivity contribution in [1.82, 2.24) is 15.6 Å². The molecule has 0 unspecified atom stereocenters. The lowest BCUT2D eigenvalue weighted by molar-refractivity contribution is 0.560. The van der Waals surface area contributed by atoms with E-state index in [2.05, 4.69) is 20.6 Å². The van der Waals surface area contributed by atoms with Gasteiger partial charge in [-0.3, -0.25) is 4.99 Å². The molecule has 0 radical (unpaired) electrons. The Morgan fingerprint density at radius 3 is 2.48 bits per heavy atom. The van der Waals surface area contributed by atoms with E-state index in [1.54, 1.807) is 33.0 Å². The summed E-state index contributed by atoms with van der Waals surface area (Å²) >= 11 is 5.76. The van der Waals surface area contributed by atoms with Crippen LogP contribution in [0.3, 0.4) is 0 Å². The first-order valence-corrected chi connectivity index (χ1v) is 10.0. The van der Waals surface area contributed by atoms with Gasteiger partial charge in [0.05, 0.1) is 17.0 Å². The number of aromatic nitrogens is 1. The Bertz CT molecular complexity index is 643. The summed E-state index contributed by atoms with van der Waals surface area (Å²) in [5.74, 6) is 0.650. The lowest BCUT2D eigenvalue weighted by Crippen LogP contribution is -2.39. The van der Waals surface area contributed by atoms with Crippen LogP contribution in [-0.2, 0) is 16.3 Å². The SMILES string of the molecule is CCNC(=NCCS(=O)(=O)C(C)(C)C)NCCc1ccc(Cl)nc1.I. The summed E-state index contributed by atoms with van der Waals surface area (Å²) in [6.45, 7) is 8.69. The highest BCUT2D eigenvalue weighted by Gasteiger charge is 2.28. The van der Waals surface area contributed by atoms with Crippen LogP contribution in [0, 0.1) is 0 Å². The second kappa shape index (κ2) is 11.2. The summed E-state index contributed by atoms with van der Waals surface area (Å²) in [6, 6.07) is 3.69. The van der Waals surface area contributed by atoms with Gasteiger partial charge >= 0.3 is 0 Å². The third kappa shape index (κ3) is 9.05. The van der Waals surface area contributed by atoms with Gasteiger partial charge in [0.15, 0.2) is 15.8 Å². The van der Waals surface area contributed by atoms with Crippen LogP contribution in [0.5, 0.6) is 0 Å². The molecule has 9 heteroatoms. The van der Waals surface area contributed by atoms with E-state index < -0.39 is 14.6 Å². The molecule has 2 N–H and O–H groups in total. The van der Waals surface area contributed by atoms with Crippen LogP contribution in [0.1, 0.15) is 33.3 Å². The average Bonchev–Trinajstić information content (AvgIpc) is 2.48. The lowest BCUT2D eigenvalue weighted by atomic mass is 10.2. The van der Waals surface area contributed by atoms with Crippen molar-refractivity contribution in [3.8, 4) is 0 Å². The summed E-state index contributed by atoms with van der Waals surface area (Å²) in [5, 5.41) is 6.78. The Morgan fingerprint density at radius 2 is 1.96 bits per heavy atom. The van der Waals surface area contributed by atoms with Gasteiger partial charge in [-0.2, -0.15) is 0 Å². The Hall–Kier alpha value is -0.610. The van der Waals surface area contributed by atoms with Gasteiger partial charge in [-0.15, -0.1) is 24.0 Å². The van der Waals surface area contributed by atoms with Gasteiger partial charge in [0.2, 0.25) is 0 Å². The van der Waals surface area contributed by atoms with E-state index in [9.17, 15) is 8.42 Å². The first kappa shape index (κ1) is 24.4. The Kier molecular flexibility index (Phi) is 10.9. The molecule has 0 aliphatic heterocycles. The van der Waals surface area contributed by atoms with Crippen LogP contribution in [0.15, 0.2) is 23.3 Å². The number of pyridine rings is 1. The van der Waals surface area contributed by atoms with Crippen molar-refractivity contribution >= 4 is 51.4 Å². The van der Waals surface area contributed by atoms with Gasteiger partial charge in [-0.25, -0.2) is 13.4 Å². The quantitative estimate of drug-likeness (QED) is 0.259. The van der Waals surface area contributed by atoms with Crippen LogP contribution < -0.4 is 10.6 Å². The molecule has 0 saturated carbocycles. The van der Waals surface area contributed by atoms with Crippen molar-refractivity contribution in [2.75, 3.05) is 25.4 Å². The minimum Gasteiger partial charge on any atom is -0.357 e. The molecule has 1 rings (SSSR count). The van der Waals surface area contributed by atoms with Gasteiger partial charge in [-0.1, -0.05) is 17.7 Å².